The Bertz CT molecular complexity index is 1110. The van der Waals surface area contributed by atoms with Gasteiger partial charge in [-0.3, -0.25) is 9.69 Å². The molecule has 7 nitrogen and oxygen atoms in total. The smallest absolute Gasteiger partial charge is 0.311 e. The van der Waals surface area contributed by atoms with Gasteiger partial charge in [-0.25, -0.2) is 0 Å². The molecule has 5 aliphatic rings. The number of carbonyl (C=O) groups is 1. The number of amidine groups is 1. The molecule has 2 saturated carbocycles. The van der Waals surface area contributed by atoms with Crippen molar-refractivity contribution in [3.05, 3.63) is 27.8 Å². The fourth-order valence-corrected chi connectivity index (χ4v) is 6.88. The lowest BCUT2D eigenvalue weighted by atomic mass is 9.80. The maximum atomic E-state index is 12.4. The van der Waals surface area contributed by atoms with Crippen LogP contribution in [0, 0.1) is 5.41 Å². The van der Waals surface area contributed by atoms with Crippen molar-refractivity contribution >= 4 is 23.4 Å². The number of carbonyl (C=O) groups excluding carboxylic acids is 1. The van der Waals surface area contributed by atoms with Gasteiger partial charge in [0.15, 0.2) is 5.60 Å². The van der Waals surface area contributed by atoms with Crippen molar-refractivity contribution in [1.82, 2.24) is 9.80 Å². The summed E-state index contributed by atoms with van der Waals surface area (Å²) in [7, 11) is 0. The molecule has 208 valence electrons. The molecule has 3 aliphatic heterocycles. The van der Waals surface area contributed by atoms with Crippen LogP contribution in [0.3, 0.4) is 0 Å². The van der Waals surface area contributed by atoms with E-state index in [1.54, 1.807) is 0 Å². The highest BCUT2D eigenvalue weighted by Crippen LogP contribution is 2.54. The van der Waals surface area contributed by atoms with Crippen LogP contribution in [0.2, 0.25) is 5.02 Å². The van der Waals surface area contributed by atoms with Gasteiger partial charge in [0.25, 0.3) is 0 Å². The third-order valence-corrected chi connectivity index (χ3v) is 9.34. The van der Waals surface area contributed by atoms with E-state index in [0.29, 0.717) is 18.4 Å². The maximum absolute atomic E-state index is 12.4. The third kappa shape index (κ3) is 5.01. The molecule has 8 heteroatoms. The normalized spacial score (nSPS) is 24.3. The predicted octanol–water partition coefficient (Wildman–Crippen LogP) is 5.84. The molecule has 4 fully saturated rings. The first-order valence-electron chi connectivity index (χ1n) is 14.6. The van der Waals surface area contributed by atoms with Crippen molar-refractivity contribution in [2.24, 2.45) is 10.6 Å². The molecule has 0 unspecified atom stereocenters. The summed E-state index contributed by atoms with van der Waals surface area (Å²) in [6.07, 6.45) is 7.50. The zero-order valence-electron chi connectivity index (χ0n) is 23.4. The summed E-state index contributed by atoms with van der Waals surface area (Å²) in [5, 5.41) is 5.37. The summed E-state index contributed by atoms with van der Waals surface area (Å²) in [6.45, 7) is 12.6. The first-order valence-corrected chi connectivity index (χ1v) is 15.0. The highest BCUT2D eigenvalue weighted by molar-refractivity contribution is 6.33. The zero-order chi connectivity index (χ0) is 26.7. The van der Waals surface area contributed by atoms with Crippen molar-refractivity contribution in [2.45, 2.75) is 103 Å². The number of halogens is 1. The number of rotatable bonds is 8. The van der Waals surface area contributed by atoms with Crippen LogP contribution in [0.25, 0.3) is 0 Å². The summed E-state index contributed by atoms with van der Waals surface area (Å²) in [5.74, 6) is 3.11. The molecule has 1 spiro atoms. The van der Waals surface area contributed by atoms with E-state index in [-0.39, 0.29) is 17.7 Å². The molecule has 0 radical (unpaired) electrons. The number of hydrogen-bond acceptors (Lipinski definition) is 7. The minimum Gasteiger partial charge on any atom is -0.489 e. The first kappa shape index (κ1) is 26.2. The minimum absolute atomic E-state index is 0.0775. The number of oxime groups is 1. The second-order valence-electron chi connectivity index (χ2n) is 12.8. The Morgan fingerprint density at radius 3 is 2.47 bits per heavy atom. The highest BCUT2D eigenvalue weighted by Gasteiger charge is 2.51. The molecule has 2 aliphatic carbocycles. The van der Waals surface area contributed by atoms with Gasteiger partial charge in [0.1, 0.15) is 11.6 Å². The molecule has 0 bridgehead atoms. The average molecular weight is 544 g/mol. The van der Waals surface area contributed by atoms with Gasteiger partial charge >= 0.3 is 5.97 Å². The van der Waals surface area contributed by atoms with E-state index in [9.17, 15) is 4.79 Å². The summed E-state index contributed by atoms with van der Waals surface area (Å²) in [5.41, 5.74) is 3.40. The maximum Gasteiger partial charge on any atom is 0.311 e. The van der Waals surface area contributed by atoms with Gasteiger partial charge in [-0.1, -0.05) is 22.8 Å². The van der Waals surface area contributed by atoms with Crippen LogP contribution in [0.15, 0.2) is 11.2 Å². The Kier molecular flexibility index (Phi) is 6.83. The van der Waals surface area contributed by atoms with Crippen LogP contribution in [0.4, 0.5) is 0 Å². The fourth-order valence-electron chi connectivity index (χ4n) is 6.45. The van der Waals surface area contributed by atoms with E-state index in [2.05, 4.69) is 34.9 Å². The van der Waals surface area contributed by atoms with Crippen LogP contribution in [0.5, 0.6) is 5.75 Å². The largest absolute Gasteiger partial charge is 0.489 e. The second kappa shape index (κ2) is 9.88. The summed E-state index contributed by atoms with van der Waals surface area (Å²) >= 11 is 7.08. The molecule has 38 heavy (non-hydrogen) atoms. The topological polar surface area (TPSA) is 63.6 Å². The molecule has 2 saturated heterocycles. The van der Waals surface area contributed by atoms with Crippen LogP contribution >= 0.6 is 11.6 Å². The molecule has 6 rings (SSSR count). The Morgan fingerprint density at radius 2 is 1.87 bits per heavy atom. The monoisotopic (exact) mass is 543 g/mol. The van der Waals surface area contributed by atoms with Crippen molar-refractivity contribution in [1.29, 1.82) is 0 Å². The van der Waals surface area contributed by atoms with Gasteiger partial charge in [-0.2, -0.15) is 0 Å². The van der Waals surface area contributed by atoms with E-state index in [1.165, 1.54) is 42.4 Å². The molecule has 0 atom stereocenters. The van der Waals surface area contributed by atoms with Crippen LogP contribution in [-0.4, -0.2) is 66.1 Å². The number of esters is 1. The number of nitrogens with zero attached hydrogens (tertiary/aromatic N) is 3. The first-order chi connectivity index (χ1) is 18.2. The quantitative estimate of drug-likeness (QED) is 0.384. The highest BCUT2D eigenvalue weighted by atomic mass is 35.5. The van der Waals surface area contributed by atoms with Gasteiger partial charge in [-0.05, 0) is 89.2 Å². The van der Waals surface area contributed by atoms with Crippen LogP contribution in [0.1, 0.15) is 101 Å². The van der Waals surface area contributed by atoms with E-state index in [1.807, 2.05) is 13.8 Å². The van der Waals surface area contributed by atoms with Gasteiger partial charge in [0, 0.05) is 38.3 Å². The van der Waals surface area contributed by atoms with Gasteiger partial charge in [-0.15, -0.1) is 0 Å². The Labute approximate surface area is 231 Å². The molecule has 0 N–H and O–H groups in total. The van der Waals surface area contributed by atoms with Crippen molar-refractivity contribution in [3.63, 3.8) is 0 Å². The fraction of sp³-hybridized carbons (Fsp3) is 0.733. The number of piperidine rings is 1. The van der Waals surface area contributed by atoms with E-state index in [0.717, 1.165) is 68.6 Å². The van der Waals surface area contributed by atoms with Gasteiger partial charge in [0.05, 0.1) is 29.6 Å². The molecule has 0 amide bonds. The number of benzene rings is 1. The lowest BCUT2D eigenvalue weighted by Gasteiger charge is -2.46. The summed E-state index contributed by atoms with van der Waals surface area (Å²) < 4.78 is 11.6. The zero-order valence-corrected chi connectivity index (χ0v) is 24.1. The van der Waals surface area contributed by atoms with Crippen molar-refractivity contribution < 1.29 is 19.1 Å². The summed E-state index contributed by atoms with van der Waals surface area (Å²) in [4.78, 5) is 23.2. The van der Waals surface area contributed by atoms with Gasteiger partial charge < -0.3 is 19.2 Å². The molecule has 0 aromatic heterocycles. The average Bonchev–Trinajstić information content (AvgIpc) is 3.79. The molecular weight excluding hydrogens is 502 g/mol. The van der Waals surface area contributed by atoms with Crippen molar-refractivity contribution in [2.75, 3.05) is 32.8 Å². The van der Waals surface area contributed by atoms with Gasteiger partial charge in [0.2, 0.25) is 0 Å². The Morgan fingerprint density at radius 1 is 1.18 bits per heavy atom. The lowest BCUT2D eigenvalue weighted by Crippen LogP contribution is -2.61. The summed E-state index contributed by atoms with van der Waals surface area (Å²) in [6, 6.07) is 2.41. The van der Waals surface area contributed by atoms with Crippen LogP contribution < -0.4 is 4.74 Å². The van der Waals surface area contributed by atoms with Crippen molar-refractivity contribution in [3.8, 4) is 5.75 Å². The molecular formula is C30H42ClN3O4. The third-order valence-electron chi connectivity index (χ3n) is 8.97. The van der Waals surface area contributed by atoms with E-state index in [4.69, 9.17) is 25.9 Å². The number of ether oxygens (including phenoxy) is 2. The Balaban J connectivity index is 1.09. The van der Waals surface area contributed by atoms with E-state index < -0.39 is 5.41 Å². The molecule has 3 heterocycles. The second-order valence-corrected chi connectivity index (χ2v) is 13.1. The Hall–Kier alpha value is -1.99. The standard InChI is InChI=1S/C30H42ClN3O4/c1-5-36-28(35)29(4)10-12-34(13-11-29)24-15-30(38-32-24)17-33(18-30)16-22-14-23(20-6-7-20)25(21-8-9-21)26(31)27(22)37-19(2)3/h14,19-21H,5-13,15-18H2,1-4H3. The van der Waals surface area contributed by atoms with E-state index >= 15 is 0 Å². The predicted molar refractivity (Wildman–Crippen MR) is 148 cm³/mol. The number of likely N-dealkylation sites (tertiary alicyclic amines) is 2. The molecule has 1 aromatic carbocycles. The minimum atomic E-state index is -0.400. The lowest BCUT2D eigenvalue weighted by molar-refractivity contribution is -0.156. The number of hydrogen-bond donors (Lipinski definition) is 0. The van der Waals surface area contributed by atoms with Crippen LogP contribution in [-0.2, 0) is 20.9 Å². The molecule has 1 aromatic rings. The SMILES string of the molecule is CCOC(=O)C1(C)CCN(C2=NOC3(C2)CN(Cc2cc(C4CC4)c(C4CC4)c(Cl)c2OC(C)C)C3)CC1.